The van der Waals surface area contributed by atoms with Gasteiger partial charge in [0.1, 0.15) is 17.9 Å². The van der Waals surface area contributed by atoms with Gasteiger partial charge in [-0.3, -0.25) is 19.2 Å². The third-order valence-corrected chi connectivity index (χ3v) is 20.5. The summed E-state index contributed by atoms with van der Waals surface area (Å²) >= 11 is 1.17. The molecule has 5 aliphatic carbocycles. The summed E-state index contributed by atoms with van der Waals surface area (Å²) in [5.74, 6) is 2.68. The fourth-order valence-corrected chi connectivity index (χ4v) is 15.9. The fraction of sp³-hybridized carbons (Fsp3) is 0.700. The quantitative estimate of drug-likeness (QED) is 0.0813. The molecular formula is C60H86N6O9S. The second kappa shape index (κ2) is 24.7. The van der Waals surface area contributed by atoms with Gasteiger partial charge >= 0.3 is 12.1 Å². The molecule has 10 atom stereocenters. The number of hydrogen-bond donors (Lipinski definition) is 4. The molecule has 4 amide bonds. The highest BCUT2D eigenvalue weighted by atomic mass is 32.1. The first-order valence-electron chi connectivity index (χ1n) is 28.4. The van der Waals surface area contributed by atoms with Crippen molar-refractivity contribution in [1.82, 2.24) is 25.4 Å². The van der Waals surface area contributed by atoms with Gasteiger partial charge in [0, 0.05) is 58.6 Å². The molecule has 15 nitrogen and oxygen atoms in total. The minimum Gasteiger partial charge on any atom is -0.480 e. The van der Waals surface area contributed by atoms with Gasteiger partial charge < -0.3 is 35.4 Å². The van der Waals surface area contributed by atoms with E-state index in [-0.39, 0.29) is 79.6 Å². The van der Waals surface area contributed by atoms with E-state index in [9.17, 15) is 44.2 Å². The molecule has 416 valence electrons. The topological polar surface area (TPSA) is 219 Å². The van der Waals surface area contributed by atoms with Crippen LogP contribution in [0.5, 0.6) is 5.75 Å². The van der Waals surface area contributed by atoms with Gasteiger partial charge in [0.15, 0.2) is 10.8 Å². The number of nitriles is 1. The summed E-state index contributed by atoms with van der Waals surface area (Å²) < 4.78 is 6.45. The molecule has 76 heavy (non-hydrogen) atoms. The minimum absolute atomic E-state index is 0.00260. The zero-order valence-corrected chi connectivity index (χ0v) is 47.7. The van der Waals surface area contributed by atoms with Crippen LogP contribution in [0.1, 0.15) is 176 Å². The molecule has 4 fully saturated rings. The largest absolute Gasteiger partial charge is 0.480 e. The summed E-state index contributed by atoms with van der Waals surface area (Å²) in [6.07, 6.45) is 14.6. The number of carboxylic acids is 1. The summed E-state index contributed by atoms with van der Waals surface area (Å²) in [7, 11) is 1.63. The number of Topliss-reactive ketones (excluding diaryl/α,β-unsaturated/α-hetero) is 1. The third-order valence-electron chi connectivity index (χ3n) is 19.6. The van der Waals surface area contributed by atoms with Crippen molar-refractivity contribution in [2.24, 2.45) is 51.8 Å². The Kier molecular flexibility index (Phi) is 19.0. The van der Waals surface area contributed by atoms with Gasteiger partial charge in [-0.1, -0.05) is 47.5 Å². The van der Waals surface area contributed by atoms with Gasteiger partial charge in [0.05, 0.1) is 16.3 Å². The Labute approximate surface area is 455 Å². The number of thiazole rings is 1. The standard InChI is InChI=1S/C60H86N6O9S/c1-36(43-22-23-44-42-21-19-40-15-10-12-27-59(40,7)45(42)26-28-60(43,44)8)18-25-50(68)63-47(56(72)73)16-11-13-29-62-49(67)17-14-30-66(57(74)75-41-20-24-46-48(33-41)76-51(35-61)64-46)32-31-65(9)52(69)34-58(5,6)53-39(4)54(70)37(2)38(3)55(53)71/h20,24,33,36,40,42-45,47,55,71H,10-19,21-23,25-32,34H2,1-9H3,(H,62,67)(H,63,68)(H,72,73)/t36-,40+,42+,43-,44+,45+,47?,55?,59+,60-/m1/s1. The number of fused-ring (bicyclic) bond motifs is 6. The average Bonchev–Trinajstić information content (AvgIpc) is 3.97. The molecule has 2 aromatic rings. The number of nitrogens with one attached hydrogen (secondary N) is 2. The van der Waals surface area contributed by atoms with Crippen LogP contribution < -0.4 is 15.4 Å². The first-order valence-corrected chi connectivity index (χ1v) is 29.2. The summed E-state index contributed by atoms with van der Waals surface area (Å²) in [6, 6.07) is 5.91. The van der Waals surface area contributed by atoms with Gasteiger partial charge in [-0.25, -0.2) is 14.6 Å². The Morgan fingerprint density at radius 3 is 2.39 bits per heavy atom. The lowest BCUT2D eigenvalue weighted by Gasteiger charge is -2.61. The lowest BCUT2D eigenvalue weighted by molar-refractivity contribution is -0.142. The highest BCUT2D eigenvalue weighted by molar-refractivity contribution is 7.19. The van der Waals surface area contributed by atoms with Crippen LogP contribution >= 0.6 is 11.3 Å². The number of carbonyl (C=O) groups excluding carboxylic acids is 5. The Hall–Kier alpha value is -5.14. The minimum atomic E-state index is -1.07. The van der Waals surface area contributed by atoms with Crippen LogP contribution in [0, 0.1) is 63.1 Å². The molecule has 1 aromatic carbocycles. The van der Waals surface area contributed by atoms with Gasteiger partial charge in [-0.05, 0) is 190 Å². The Morgan fingerprint density at radius 2 is 1.66 bits per heavy atom. The monoisotopic (exact) mass is 1070 g/mol. The molecule has 0 radical (unpaired) electrons. The summed E-state index contributed by atoms with van der Waals surface area (Å²) in [5, 5.41) is 36.5. The van der Waals surface area contributed by atoms with Crippen molar-refractivity contribution in [2.75, 3.05) is 33.2 Å². The maximum absolute atomic E-state index is 13.7. The van der Waals surface area contributed by atoms with E-state index in [2.05, 4.69) is 36.4 Å². The van der Waals surface area contributed by atoms with Crippen molar-refractivity contribution in [2.45, 2.75) is 183 Å². The van der Waals surface area contributed by atoms with Crippen molar-refractivity contribution in [3.05, 3.63) is 45.5 Å². The van der Waals surface area contributed by atoms with Crippen molar-refractivity contribution in [3.8, 4) is 11.8 Å². The number of unbranched alkanes of at least 4 members (excludes halogenated alkanes) is 1. The van der Waals surface area contributed by atoms with Gasteiger partial charge in [-0.2, -0.15) is 5.26 Å². The van der Waals surface area contributed by atoms with E-state index in [1.165, 1.54) is 85.3 Å². The number of likely N-dealkylation sites (N-methyl/N-ethyl adjacent to an activating group) is 1. The fourth-order valence-electron chi connectivity index (χ4n) is 15.1. The van der Waals surface area contributed by atoms with Crippen molar-refractivity contribution >= 4 is 57.1 Å². The number of allylic oxidation sites excluding steroid dienone is 2. The highest BCUT2D eigenvalue weighted by Gasteiger charge is 2.60. The molecule has 2 unspecified atom stereocenters. The molecule has 0 bridgehead atoms. The van der Waals surface area contributed by atoms with Crippen LogP contribution in [0.2, 0.25) is 0 Å². The smallest absolute Gasteiger partial charge is 0.415 e. The Morgan fingerprint density at radius 1 is 0.908 bits per heavy atom. The number of benzene rings is 1. The molecule has 0 saturated heterocycles. The highest BCUT2D eigenvalue weighted by Crippen LogP contribution is 2.68. The zero-order chi connectivity index (χ0) is 55.3. The molecular weight excluding hydrogens is 981 g/mol. The first-order chi connectivity index (χ1) is 36.0. The number of nitrogens with zero attached hydrogens (tertiary/aromatic N) is 4. The second-order valence-electron chi connectivity index (χ2n) is 24.6. The predicted octanol–water partition coefficient (Wildman–Crippen LogP) is 10.5. The molecule has 4 saturated carbocycles. The Balaban J connectivity index is 0.845. The van der Waals surface area contributed by atoms with E-state index < -0.39 is 29.6 Å². The SMILES string of the molecule is CC1=C(C)C(O)C(C(C)(C)CC(=O)N(C)CCN(CCCC(=O)NCCCCC(NC(=O)CC[C@@H](C)[C@H]2CC[C@H]3[C@@H]4CC[C@@H]5CCCC[C@]5(C)[C@H]4CC[C@]23C)C(=O)O)C(=O)Oc2ccc3nc(C#N)sc3c2)=C(C)C1=O. The number of hydrogen-bond acceptors (Lipinski definition) is 11. The lowest BCUT2D eigenvalue weighted by atomic mass is 9.44. The number of rotatable bonds is 22. The number of aliphatic carboxylic acids is 1. The van der Waals surface area contributed by atoms with E-state index in [0.29, 0.717) is 81.0 Å². The number of carboxylic acid groups (broad SMARTS) is 1. The van der Waals surface area contributed by atoms with Gasteiger partial charge in [-0.15, -0.1) is 11.3 Å². The number of ether oxygens (including phenoxy) is 1. The number of amides is 4. The lowest BCUT2D eigenvalue weighted by Crippen LogP contribution is -2.53. The maximum atomic E-state index is 13.7. The molecule has 1 aromatic heterocycles. The first kappa shape index (κ1) is 58.5. The van der Waals surface area contributed by atoms with Gasteiger partial charge in [0.2, 0.25) is 17.7 Å². The molecule has 0 aliphatic heterocycles. The summed E-state index contributed by atoms with van der Waals surface area (Å²) in [4.78, 5) is 86.2. The normalized spacial score (nSPS) is 27.1. The second-order valence-corrected chi connectivity index (χ2v) is 25.7. The number of carbonyl (C=O) groups is 6. The van der Waals surface area contributed by atoms with Crippen molar-refractivity contribution < 1.29 is 43.7 Å². The van der Waals surface area contributed by atoms with E-state index in [0.717, 1.165) is 30.1 Å². The van der Waals surface area contributed by atoms with Crippen LogP contribution in [0.25, 0.3) is 10.2 Å². The summed E-state index contributed by atoms with van der Waals surface area (Å²) in [5.41, 5.74) is 2.60. The van der Waals surface area contributed by atoms with Crippen LogP contribution in [0.3, 0.4) is 0 Å². The third kappa shape index (κ3) is 12.9. The van der Waals surface area contributed by atoms with E-state index in [1.807, 2.05) is 19.9 Å². The average molecular weight is 1070 g/mol. The molecule has 7 rings (SSSR count). The molecule has 4 N–H and O–H groups in total. The molecule has 16 heteroatoms. The van der Waals surface area contributed by atoms with E-state index >= 15 is 0 Å². The Bertz CT molecular complexity index is 2620. The predicted molar refractivity (Wildman–Crippen MR) is 294 cm³/mol. The molecule has 5 aliphatic rings. The van der Waals surface area contributed by atoms with Crippen LogP contribution in [0.4, 0.5) is 4.79 Å². The van der Waals surface area contributed by atoms with E-state index in [1.54, 1.807) is 46.0 Å². The molecule has 1 heterocycles. The zero-order valence-electron chi connectivity index (χ0n) is 46.9. The number of aliphatic hydroxyl groups excluding tert-OH is 1. The van der Waals surface area contributed by atoms with Crippen molar-refractivity contribution in [1.29, 1.82) is 5.26 Å². The van der Waals surface area contributed by atoms with Gasteiger partial charge in [0.25, 0.3) is 0 Å². The molecule has 0 spiro atoms. The number of aliphatic hydroxyl groups is 1. The van der Waals surface area contributed by atoms with E-state index in [4.69, 9.17) is 4.74 Å². The van der Waals surface area contributed by atoms with Crippen LogP contribution in [0.15, 0.2) is 40.5 Å². The van der Waals surface area contributed by atoms with Crippen molar-refractivity contribution in [3.63, 3.8) is 0 Å². The number of aromatic nitrogens is 1. The maximum Gasteiger partial charge on any atom is 0.415 e. The summed E-state index contributed by atoms with van der Waals surface area (Å²) in [6.45, 7) is 16.9. The van der Waals surface area contributed by atoms with Crippen LogP contribution in [-0.4, -0.2) is 106 Å². The number of ketones is 1. The van der Waals surface area contributed by atoms with Crippen LogP contribution in [-0.2, 0) is 24.0 Å².